The number of hydrogen-bond donors (Lipinski definition) is 2. The van der Waals surface area contributed by atoms with Crippen LogP contribution in [0.1, 0.15) is 112 Å². The molecule has 1 aliphatic heterocycles. The maximum Gasteiger partial charge on any atom is 0.306 e. The average Bonchev–Trinajstić information content (AvgIpc) is 3.66. The van der Waals surface area contributed by atoms with Gasteiger partial charge in [0.05, 0.1) is 17.4 Å². The zero-order valence-corrected chi connectivity index (χ0v) is 31.1. The van der Waals surface area contributed by atoms with Crippen molar-refractivity contribution in [3.63, 3.8) is 0 Å². The number of aromatic nitrogens is 3. The Morgan fingerprint density at radius 2 is 1.80 bits per heavy atom. The molecule has 2 aromatic rings. The zero-order valence-electron chi connectivity index (χ0n) is 30.3. The summed E-state index contributed by atoms with van der Waals surface area (Å²) in [5.41, 5.74) is 0.290. The van der Waals surface area contributed by atoms with E-state index in [9.17, 15) is 29.1 Å². The number of amides is 2. The van der Waals surface area contributed by atoms with Crippen LogP contribution in [0, 0.1) is 24.2 Å². The second kappa shape index (κ2) is 17.0. The minimum atomic E-state index is -0.978. The van der Waals surface area contributed by atoms with Crippen LogP contribution in [-0.2, 0) is 30.3 Å². The Morgan fingerprint density at radius 3 is 2.38 bits per heavy atom. The van der Waals surface area contributed by atoms with E-state index in [-0.39, 0.29) is 61.1 Å². The molecule has 2 N–H and O–H groups in total. The molecule has 1 aliphatic carbocycles. The highest BCUT2D eigenvalue weighted by molar-refractivity contribution is 7.09. The minimum absolute atomic E-state index is 0.0123. The maximum absolute atomic E-state index is 14.0. The van der Waals surface area contributed by atoms with Gasteiger partial charge in [-0.1, -0.05) is 27.2 Å². The Bertz CT molecular complexity index is 1520. The number of Topliss-reactive ketones (excluding diaryl/α,β-unsaturated/α-hetero) is 1. The molecule has 0 unspecified atom stereocenters. The number of aliphatic carboxylic acids is 1. The highest BCUT2D eigenvalue weighted by Crippen LogP contribution is 2.51. The lowest BCUT2D eigenvalue weighted by molar-refractivity contribution is -0.149. The van der Waals surface area contributed by atoms with Crippen molar-refractivity contribution in [1.29, 1.82) is 0 Å². The Balaban J connectivity index is 1.48. The number of esters is 1. The second-order valence-corrected chi connectivity index (χ2v) is 15.5. The summed E-state index contributed by atoms with van der Waals surface area (Å²) in [6.07, 6.45) is 7.65. The number of carbonyl (C=O) groups excluding carboxylic acids is 4. The first-order chi connectivity index (χ1) is 23.6. The number of carboxylic acid groups (broad SMARTS) is 1. The number of carbonyl (C=O) groups is 5. The summed E-state index contributed by atoms with van der Waals surface area (Å²) < 4.78 is 5.74. The van der Waals surface area contributed by atoms with Gasteiger partial charge < -0.3 is 20.1 Å². The average molecular weight is 713 g/mol. The van der Waals surface area contributed by atoms with Crippen LogP contribution in [0.2, 0.25) is 0 Å². The van der Waals surface area contributed by atoms with Gasteiger partial charge in [0.2, 0.25) is 5.91 Å². The molecular weight excluding hydrogens is 660 g/mol. The fourth-order valence-electron chi connectivity index (χ4n) is 6.84. The van der Waals surface area contributed by atoms with Gasteiger partial charge in [0, 0.05) is 63.1 Å². The lowest BCUT2D eigenvalue weighted by atomic mass is 9.88. The number of ketones is 1. The van der Waals surface area contributed by atoms with Crippen molar-refractivity contribution in [2.45, 2.75) is 117 Å². The summed E-state index contributed by atoms with van der Waals surface area (Å²) >= 11 is 1.17. The first-order valence-corrected chi connectivity index (χ1v) is 18.4. The van der Waals surface area contributed by atoms with E-state index in [1.54, 1.807) is 36.6 Å². The van der Waals surface area contributed by atoms with E-state index >= 15 is 0 Å². The standard InChI is InChI=1S/C36H52N6O7S/c1-21(2)28(42(7)35(48)36(11-12-36)17-29(44)27-10-8-9-13-41(27)6)16-30(49-24(5)43)33-40-26(20-50-33)32(45)39-25(14-23(4)34(46)47)15-31-37-18-22(3)19-38-31/h18-21,23,25,27-28,30H,8-17H2,1-7H3,(H,39,45)(H,46,47)/t23-,25+,27+,28+,30+/m0/s1. The lowest BCUT2D eigenvalue weighted by Gasteiger charge is -2.36. The van der Waals surface area contributed by atoms with Gasteiger partial charge in [-0.2, -0.15) is 0 Å². The molecule has 4 rings (SSSR count). The Hall–Kier alpha value is -3.78. The van der Waals surface area contributed by atoms with Crippen LogP contribution in [0.15, 0.2) is 17.8 Å². The predicted molar refractivity (Wildman–Crippen MR) is 187 cm³/mol. The van der Waals surface area contributed by atoms with Crippen LogP contribution in [0.3, 0.4) is 0 Å². The molecule has 2 amide bonds. The fraction of sp³-hybridized carbons (Fsp3) is 0.667. The molecule has 14 heteroatoms. The number of carboxylic acids is 1. The molecular formula is C36H52N6O7S. The molecule has 13 nitrogen and oxygen atoms in total. The van der Waals surface area contributed by atoms with E-state index < -0.39 is 41.3 Å². The predicted octanol–water partition coefficient (Wildman–Crippen LogP) is 4.39. The number of rotatable bonds is 17. The van der Waals surface area contributed by atoms with Crippen LogP contribution in [-0.4, -0.2) is 98.2 Å². The van der Waals surface area contributed by atoms with Gasteiger partial charge in [-0.05, 0) is 64.1 Å². The molecule has 2 aliphatic rings. The number of aryl methyl sites for hydroxylation is 1. The number of likely N-dealkylation sites (tertiary alicyclic amines) is 1. The van der Waals surface area contributed by atoms with Crippen molar-refractivity contribution in [3.8, 4) is 0 Å². The van der Waals surface area contributed by atoms with Crippen molar-refractivity contribution in [1.82, 2.24) is 30.1 Å². The van der Waals surface area contributed by atoms with Gasteiger partial charge in [-0.15, -0.1) is 11.3 Å². The number of thiazole rings is 1. The highest BCUT2D eigenvalue weighted by atomic mass is 32.1. The molecule has 50 heavy (non-hydrogen) atoms. The van der Waals surface area contributed by atoms with E-state index in [0.29, 0.717) is 23.7 Å². The first kappa shape index (κ1) is 39.0. The summed E-state index contributed by atoms with van der Waals surface area (Å²) in [5.74, 6) is -2.19. The summed E-state index contributed by atoms with van der Waals surface area (Å²) in [4.78, 5) is 81.7. The third-order valence-corrected chi connectivity index (χ3v) is 10.9. The van der Waals surface area contributed by atoms with Gasteiger partial charge in [-0.3, -0.25) is 28.9 Å². The number of piperidine rings is 1. The summed E-state index contributed by atoms with van der Waals surface area (Å²) in [5, 5.41) is 14.4. The van der Waals surface area contributed by atoms with Crippen molar-refractivity contribution in [2.75, 3.05) is 20.6 Å². The lowest BCUT2D eigenvalue weighted by Crippen LogP contribution is -2.47. The molecule has 0 aromatic carbocycles. The molecule has 5 atom stereocenters. The molecule has 1 saturated heterocycles. The second-order valence-electron chi connectivity index (χ2n) is 14.6. The smallest absolute Gasteiger partial charge is 0.306 e. The van der Waals surface area contributed by atoms with Gasteiger partial charge in [0.25, 0.3) is 5.91 Å². The van der Waals surface area contributed by atoms with Crippen LogP contribution in [0.4, 0.5) is 0 Å². The Morgan fingerprint density at radius 1 is 1.12 bits per heavy atom. The van der Waals surface area contributed by atoms with E-state index in [1.165, 1.54) is 18.3 Å². The number of nitrogens with one attached hydrogen (secondary N) is 1. The minimum Gasteiger partial charge on any atom is -0.481 e. The van der Waals surface area contributed by atoms with E-state index in [0.717, 1.165) is 31.4 Å². The zero-order chi connectivity index (χ0) is 36.7. The number of hydrogen-bond acceptors (Lipinski definition) is 11. The van der Waals surface area contributed by atoms with Crippen molar-refractivity contribution in [3.05, 3.63) is 39.9 Å². The quantitative estimate of drug-likeness (QED) is 0.223. The maximum atomic E-state index is 14.0. The van der Waals surface area contributed by atoms with Crippen molar-refractivity contribution in [2.24, 2.45) is 17.3 Å². The molecule has 274 valence electrons. The summed E-state index contributed by atoms with van der Waals surface area (Å²) in [6, 6.07) is -1.05. The Labute approximate surface area is 298 Å². The van der Waals surface area contributed by atoms with Crippen LogP contribution < -0.4 is 5.32 Å². The summed E-state index contributed by atoms with van der Waals surface area (Å²) in [7, 11) is 3.73. The summed E-state index contributed by atoms with van der Waals surface area (Å²) in [6.45, 7) is 9.63. The molecule has 2 aromatic heterocycles. The number of ether oxygens (including phenoxy) is 1. The SMILES string of the molecule is CC(=O)O[C@H](C[C@H](C(C)C)N(C)C(=O)C1(CC(=O)[C@H]2CCCCN2C)CC1)c1nc(C(=O)N[C@@H](Cc2ncc(C)cn2)C[C@H](C)C(=O)O)cs1. The third-order valence-electron chi connectivity index (χ3n) is 10.0. The van der Waals surface area contributed by atoms with Crippen LogP contribution in [0.25, 0.3) is 0 Å². The number of nitrogens with zero attached hydrogens (tertiary/aromatic N) is 5. The third kappa shape index (κ3) is 10.1. The van der Waals surface area contributed by atoms with Gasteiger partial charge in [-0.25, -0.2) is 15.0 Å². The molecule has 0 bridgehead atoms. The van der Waals surface area contributed by atoms with Crippen molar-refractivity contribution >= 4 is 40.9 Å². The largest absolute Gasteiger partial charge is 0.481 e. The molecule has 0 spiro atoms. The first-order valence-electron chi connectivity index (χ1n) is 17.5. The van der Waals surface area contributed by atoms with E-state index in [2.05, 4.69) is 25.2 Å². The van der Waals surface area contributed by atoms with Crippen LogP contribution in [0.5, 0.6) is 0 Å². The molecule has 3 heterocycles. The highest BCUT2D eigenvalue weighted by Gasteiger charge is 2.54. The normalized spacial score (nSPS) is 19.6. The number of likely N-dealkylation sites (N-methyl/N-ethyl adjacent to an activating group) is 1. The van der Waals surface area contributed by atoms with E-state index in [4.69, 9.17) is 4.74 Å². The van der Waals surface area contributed by atoms with Crippen molar-refractivity contribution < 1.29 is 33.8 Å². The topological polar surface area (TPSA) is 172 Å². The Kier molecular flexibility index (Phi) is 13.2. The van der Waals surface area contributed by atoms with Gasteiger partial charge >= 0.3 is 11.9 Å². The van der Waals surface area contributed by atoms with Gasteiger partial charge in [0.1, 0.15) is 16.5 Å². The molecule has 0 radical (unpaired) electrons. The van der Waals surface area contributed by atoms with E-state index in [1.807, 2.05) is 27.8 Å². The van der Waals surface area contributed by atoms with Gasteiger partial charge in [0.15, 0.2) is 11.9 Å². The monoisotopic (exact) mass is 712 g/mol. The molecule has 2 fully saturated rings. The molecule has 1 saturated carbocycles. The fourth-order valence-corrected chi connectivity index (χ4v) is 7.68. The van der Waals surface area contributed by atoms with Crippen LogP contribution >= 0.6 is 11.3 Å².